The van der Waals surface area contributed by atoms with E-state index in [0.29, 0.717) is 6.04 Å². The van der Waals surface area contributed by atoms with Crippen LogP contribution in [-0.2, 0) is 0 Å². The quantitative estimate of drug-likeness (QED) is 0.717. The van der Waals surface area contributed by atoms with Crippen molar-refractivity contribution in [2.24, 2.45) is 0 Å². The molecule has 1 fully saturated rings. The van der Waals surface area contributed by atoms with E-state index in [0.717, 1.165) is 30.1 Å². The molecule has 0 atom stereocenters. The van der Waals surface area contributed by atoms with Crippen LogP contribution in [-0.4, -0.2) is 37.5 Å². The molecule has 4 rings (SSSR count). The number of fused-ring (bicyclic) bond motifs is 1. The number of nitrogens with one attached hydrogen (secondary N) is 1. The largest absolute Gasteiger partial charge is 0.312 e. The van der Waals surface area contributed by atoms with E-state index in [1.807, 2.05) is 45.9 Å². The molecule has 0 aromatic carbocycles. The smallest absolute Gasteiger partial charge is 0.137 e. The van der Waals surface area contributed by atoms with E-state index in [9.17, 15) is 0 Å². The van der Waals surface area contributed by atoms with Crippen LogP contribution in [0.5, 0.6) is 0 Å². The molecular weight excluding hydrogens is 228 g/mol. The van der Waals surface area contributed by atoms with E-state index >= 15 is 0 Å². The van der Waals surface area contributed by atoms with Gasteiger partial charge in [-0.2, -0.15) is 0 Å². The summed E-state index contributed by atoms with van der Waals surface area (Å²) in [4.78, 5) is 4.53. The molecule has 0 aliphatic carbocycles. The predicted octanol–water partition coefficient (Wildman–Crippen LogP) is 0.737. The van der Waals surface area contributed by atoms with Crippen LogP contribution < -0.4 is 5.32 Å². The average molecular weight is 240 g/mol. The Kier molecular flexibility index (Phi) is 1.98. The number of imidazole rings is 1. The molecule has 0 saturated carbocycles. The van der Waals surface area contributed by atoms with Crippen LogP contribution >= 0.6 is 0 Å². The summed E-state index contributed by atoms with van der Waals surface area (Å²) in [6.07, 6.45) is 5.92. The minimum Gasteiger partial charge on any atom is -0.312 e. The Morgan fingerprint density at radius 3 is 2.89 bits per heavy atom. The first-order valence-electron chi connectivity index (χ1n) is 5.97. The van der Waals surface area contributed by atoms with E-state index < -0.39 is 0 Å². The molecule has 90 valence electrons. The molecule has 3 aromatic heterocycles. The zero-order chi connectivity index (χ0) is 11.9. The maximum absolute atomic E-state index is 4.53. The van der Waals surface area contributed by atoms with Gasteiger partial charge in [0.1, 0.15) is 17.0 Å². The van der Waals surface area contributed by atoms with Crippen molar-refractivity contribution in [1.82, 2.24) is 29.7 Å². The van der Waals surface area contributed by atoms with Gasteiger partial charge in [0.25, 0.3) is 0 Å². The monoisotopic (exact) mass is 240 g/mol. The third-order valence-corrected chi connectivity index (χ3v) is 3.27. The Balaban J connectivity index is 1.74. The highest BCUT2D eigenvalue weighted by Crippen LogP contribution is 2.18. The van der Waals surface area contributed by atoms with Crippen molar-refractivity contribution in [2.75, 3.05) is 13.1 Å². The lowest BCUT2D eigenvalue weighted by Crippen LogP contribution is -2.43. The van der Waals surface area contributed by atoms with Crippen molar-refractivity contribution in [1.29, 1.82) is 0 Å². The second-order valence-electron chi connectivity index (χ2n) is 4.49. The van der Waals surface area contributed by atoms with E-state index in [1.165, 1.54) is 0 Å². The fraction of sp³-hybridized carbons (Fsp3) is 0.250. The van der Waals surface area contributed by atoms with Gasteiger partial charge in [-0.3, -0.25) is 0 Å². The maximum atomic E-state index is 4.53. The summed E-state index contributed by atoms with van der Waals surface area (Å²) < 4.78 is 3.90. The highest BCUT2D eigenvalue weighted by atomic mass is 15.5. The van der Waals surface area contributed by atoms with E-state index in [-0.39, 0.29) is 0 Å². The normalized spacial score (nSPS) is 16.0. The molecule has 1 aliphatic heterocycles. The average Bonchev–Trinajstić information content (AvgIpc) is 2.91. The van der Waals surface area contributed by atoms with Crippen LogP contribution in [0, 0.1) is 0 Å². The van der Waals surface area contributed by atoms with Gasteiger partial charge in [-0.05, 0) is 12.1 Å². The van der Waals surface area contributed by atoms with Gasteiger partial charge in [0.15, 0.2) is 0 Å². The Morgan fingerprint density at radius 1 is 1.17 bits per heavy atom. The first kappa shape index (κ1) is 9.78. The summed E-state index contributed by atoms with van der Waals surface area (Å²) in [6.45, 7) is 1.93. The molecule has 3 aromatic rings. The molecule has 18 heavy (non-hydrogen) atoms. The number of pyridine rings is 1. The highest BCUT2D eigenvalue weighted by molar-refractivity contribution is 5.57. The van der Waals surface area contributed by atoms with Crippen LogP contribution in [0.1, 0.15) is 6.04 Å². The van der Waals surface area contributed by atoms with Crippen LogP contribution in [0.15, 0.2) is 36.8 Å². The molecule has 4 heterocycles. The van der Waals surface area contributed by atoms with Crippen LogP contribution in [0.25, 0.3) is 17.0 Å². The molecule has 0 unspecified atom stereocenters. The molecule has 6 heteroatoms. The number of aromatic nitrogens is 5. The zero-order valence-electron chi connectivity index (χ0n) is 9.69. The minimum atomic E-state index is 0.434. The van der Waals surface area contributed by atoms with Crippen molar-refractivity contribution in [3.63, 3.8) is 0 Å². The molecule has 0 radical (unpaired) electrons. The van der Waals surface area contributed by atoms with Crippen LogP contribution in [0.2, 0.25) is 0 Å². The van der Waals surface area contributed by atoms with Gasteiger partial charge in [-0.1, -0.05) is 11.3 Å². The fourth-order valence-electron chi connectivity index (χ4n) is 2.09. The van der Waals surface area contributed by atoms with Gasteiger partial charge < -0.3 is 9.72 Å². The van der Waals surface area contributed by atoms with Gasteiger partial charge >= 0.3 is 0 Å². The molecular formula is C12H12N6. The van der Waals surface area contributed by atoms with Gasteiger partial charge in [0, 0.05) is 25.5 Å². The second kappa shape index (κ2) is 3.64. The van der Waals surface area contributed by atoms with Crippen LogP contribution in [0.3, 0.4) is 0 Å². The lowest BCUT2D eigenvalue weighted by Gasteiger charge is -2.26. The van der Waals surface area contributed by atoms with E-state index in [1.54, 1.807) is 0 Å². The molecule has 0 spiro atoms. The van der Waals surface area contributed by atoms with Crippen LogP contribution in [0.4, 0.5) is 0 Å². The number of hydrogen-bond acceptors (Lipinski definition) is 4. The topological polar surface area (TPSA) is 60.0 Å². The molecule has 6 nitrogen and oxygen atoms in total. The Morgan fingerprint density at radius 2 is 2.11 bits per heavy atom. The first-order valence-corrected chi connectivity index (χ1v) is 5.97. The highest BCUT2D eigenvalue weighted by Gasteiger charge is 2.20. The predicted molar refractivity (Wildman–Crippen MR) is 66.1 cm³/mol. The van der Waals surface area contributed by atoms with Gasteiger partial charge in [0.2, 0.25) is 0 Å². The lowest BCUT2D eigenvalue weighted by molar-refractivity contribution is 0.313. The molecule has 0 bridgehead atoms. The summed E-state index contributed by atoms with van der Waals surface area (Å²) in [6, 6.07) is 6.37. The van der Waals surface area contributed by atoms with Gasteiger partial charge in [-0.15, -0.1) is 5.10 Å². The van der Waals surface area contributed by atoms with Crippen molar-refractivity contribution in [3.8, 4) is 11.4 Å². The van der Waals surface area contributed by atoms with Crippen molar-refractivity contribution < 1.29 is 0 Å². The summed E-state index contributed by atoms with van der Waals surface area (Å²) >= 11 is 0. The summed E-state index contributed by atoms with van der Waals surface area (Å²) in [5, 5.41) is 11.6. The van der Waals surface area contributed by atoms with Crippen molar-refractivity contribution in [2.45, 2.75) is 6.04 Å². The van der Waals surface area contributed by atoms with E-state index in [4.69, 9.17) is 0 Å². The SMILES string of the molecule is c1ccn2cc(-c3cn(C4CNC4)nn3)nc2c1. The van der Waals surface area contributed by atoms with Crippen molar-refractivity contribution >= 4 is 5.65 Å². The van der Waals surface area contributed by atoms with Gasteiger partial charge in [0.05, 0.1) is 12.2 Å². The minimum absolute atomic E-state index is 0.434. The summed E-state index contributed by atoms with van der Waals surface area (Å²) in [7, 11) is 0. The number of hydrogen-bond donors (Lipinski definition) is 1. The Bertz CT molecular complexity index is 660. The maximum Gasteiger partial charge on any atom is 0.137 e. The lowest BCUT2D eigenvalue weighted by atomic mass is 10.2. The molecule has 1 saturated heterocycles. The summed E-state index contributed by atoms with van der Waals surface area (Å²) in [5.41, 5.74) is 2.61. The third-order valence-electron chi connectivity index (χ3n) is 3.27. The number of nitrogens with zero attached hydrogens (tertiary/aromatic N) is 5. The van der Waals surface area contributed by atoms with E-state index in [2.05, 4.69) is 20.6 Å². The van der Waals surface area contributed by atoms with Gasteiger partial charge in [-0.25, -0.2) is 9.67 Å². The second-order valence-corrected chi connectivity index (χ2v) is 4.49. The third kappa shape index (κ3) is 1.42. The Hall–Kier alpha value is -2.21. The molecule has 1 N–H and O–H groups in total. The zero-order valence-corrected chi connectivity index (χ0v) is 9.69. The molecule has 1 aliphatic rings. The molecule has 0 amide bonds. The first-order chi connectivity index (χ1) is 8.90. The number of rotatable bonds is 2. The van der Waals surface area contributed by atoms with Crippen molar-refractivity contribution in [3.05, 3.63) is 36.8 Å². The standard InChI is InChI=1S/C12H12N6/c1-2-4-17-7-10(14-12(17)3-1)11-8-18(16-15-11)9-5-13-6-9/h1-4,7-9,13H,5-6H2. The summed E-state index contributed by atoms with van der Waals surface area (Å²) in [5.74, 6) is 0. The fourth-order valence-corrected chi connectivity index (χ4v) is 2.09. The Labute approximate surface area is 103 Å².